The lowest BCUT2D eigenvalue weighted by atomic mass is 9.92. The molecule has 6 rings (SSSR count). The van der Waals surface area contributed by atoms with E-state index in [0.717, 1.165) is 52.8 Å². The van der Waals surface area contributed by atoms with Crippen molar-refractivity contribution < 1.29 is 0 Å². The van der Waals surface area contributed by atoms with Crippen LogP contribution >= 0.6 is 0 Å². The minimum absolute atomic E-state index is 0.0497. The first-order chi connectivity index (χ1) is 15.2. The Morgan fingerprint density at radius 3 is 2.42 bits per heavy atom. The monoisotopic (exact) mass is 407 g/mol. The smallest absolute Gasteiger partial charge is 0.261 e. The average molecular weight is 407 g/mol. The largest absolute Gasteiger partial charge is 0.384 e. The molecule has 0 amide bonds. The summed E-state index contributed by atoms with van der Waals surface area (Å²) in [5, 5.41) is 5.60. The van der Waals surface area contributed by atoms with Crippen LogP contribution in [0.2, 0.25) is 0 Å². The van der Waals surface area contributed by atoms with Crippen LogP contribution in [0, 0.1) is 0 Å². The molecule has 0 spiro atoms. The van der Waals surface area contributed by atoms with Gasteiger partial charge in [-0.05, 0) is 49.1 Å². The number of nitrogens with two attached hydrogens (primary N) is 1. The highest BCUT2D eigenvalue weighted by atomic mass is 16.1. The third-order valence-corrected chi connectivity index (χ3v) is 6.24. The number of aromatic nitrogens is 4. The van der Waals surface area contributed by atoms with Crippen LogP contribution in [0.1, 0.15) is 25.3 Å². The van der Waals surface area contributed by atoms with Gasteiger partial charge in [-0.2, -0.15) is 5.10 Å². The van der Waals surface area contributed by atoms with Crippen LogP contribution in [0.25, 0.3) is 38.9 Å². The summed E-state index contributed by atoms with van der Waals surface area (Å²) >= 11 is 0. The molecule has 2 aromatic carbocycles. The van der Waals surface area contributed by atoms with Crippen molar-refractivity contribution in [2.45, 2.75) is 25.3 Å². The third-order valence-electron chi connectivity index (χ3n) is 6.24. The minimum atomic E-state index is 0.0497. The van der Waals surface area contributed by atoms with Crippen LogP contribution < -0.4 is 11.3 Å². The lowest BCUT2D eigenvalue weighted by molar-refractivity contribution is 0.313. The maximum absolute atomic E-state index is 13.5. The van der Waals surface area contributed by atoms with Crippen molar-refractivity contribution in [1.29, 1.82) is 0 Å². The van der Waals surface area contributed by atoms with E-state index in [0.29, 0.717) is 11.2 Å². The van der Waals surface area contributed by atoms with Crippen molar-refractivity contribution in [3.63, 3.8) is 0 Å². The van der Waals surface area contributed by atoms with Crippen molar-refractivity contribution in [2.24, 2.45) is 0 Å². The van der Waals surface area contributed by atoms with E-state index in [2.05, 4.69) is 4.98 Å². The first-order valence-corrected chi connectivity index (χ1v) is 10.5. The lowest BCUT2D eigenvalue weighted by Gasteiger charge is -2.28. The highest BCUT2D eigenvalue weighted by Crippen LogP contribution is 2.34. The molecular weight excluding hydrogens is 386 g/mol. The molecule has 2 N–H and O–H groups in total. The molecule has 152 valence electrons. The Labute approximate surface area is 178 Å². The number of pyridine rings is 1. The van der Waals surface area contributed by atoms with Gasteiger partial charge in [0.1, 0.15) is 11.5 Å². The van der Waals surface area contributed by atoms with Crippen molar-refractivity contribution in [3.05, 3.63) is 83.3 Å². The van der Waals surface area contributed by atoms with Crippen LogP contribution in [0.15, 0.2) is 77.7 Å². The summed E-state index contributed by atoms with van der Waals surface area (Å²) in [6.45, 7) is 0. The number of benzene rings is 2. The van der Waals surface area contributed by atoms with Gasteiger partial charge in [0.15, 0.2) is 0 Å². The Morgan fingerprint density at radius 1 is 0.903 bits per heavy atom. The lowest BCUT2D eigenvalue weighted by Crippen LogP contribution is -2.30. The summed E-state index contributed by atoms with van der Waals surface area (Å²) in [7, 11) is 0. The molecule has 5 aromatic rings. The first kappa shape index (κ1) is 17.9. The molecule has 0 bridgehead atoms. The number of hydrogen-bond acceptors (Lipinski definition) is 4. The molecule has 0 aliphatic heterocycles. The zero-order chi connectivity index (χ0) is 20.9. The molecule has 1 aliphatic carbocycles. The second kappa shape index (κ2) is 6.80. The van der Waals surface area contributed by atoms with E-state index >= 15 is 0 Å². The van der Waals surface area contributed by atoms with E-state index in [4.69, 9.17) is 10.8 Å². The standard InChI is InChI=1S/C25H21N5O/c26-23-12-10-18(15-27-23)17-9-11-20-22(13-17)30-24(29(25(20)31)19-7-4-8-19)14-21(28-30)16-5-2-1-3-6-16/h1-3,5-6,9-15,19H,4,7-8H2,(H2,26,27). The number of rotatable bonds is 3. The number of nitrogens with zero attached hydrogens (tertiary/aromatic N) is 4. The second-order valence-corrected chi connectivity index (χ2v) is 8.13. The molecule has 31 heavy (non-hydrogen) atoms. The maximum Gasteiger partial charge on any atom is 0.261 e. The molecule has 6 nitrogen and oxygen atoms in total. The molecule has 0 atom stereocenters. The van der Waals surface area contributed by atoms with Crippen LogP contribution in [-0.2, 0) is 0 Å². The fourth-order valence-corrected chi connectivity index (χ4v) is 4.35. The number of anilines is 1. The minimum Gasteiger partial charge on any atom is -0.384 e. The van der Waals surface area contributed by atoms with Crippen LogP contribution in [0.4, 0.5) is 5.82 Å². The highest BCUT2D eigenvalue weighted by molar-refractivity contribution is 5.86. The fraction of sp³-hybridized carbons (Fsp3) is 0.160. The van der Waals surface area contributed by atoms with Crippen LogP contribution in [0.5, 0.6) is 0 Å². The Kier molecular flexibility index (Phi) is 3.93. The second-order valence-electron chi connectivity index (χ2n) is 8.13. The maximum atomic E-state index is 13.5. The molecule has 6 heteroatoms. The summed E-state index contributed by atoms with van der Waals surface area (Å²) < 4.78 is 3.86. The third kappa shape index (κ3) is 2.83. The van der Waals surface area contributed by atoms with E-state index in [9.17, 15) is 4.79 Å². The summed E-state index contributed by atoms with van der Waals surface area (Å²) in [6.07, 6.45) is 4.97. The quantitative estimate of drug-likeness (QED) is 0.471. The van der Waals surface area contributed by atoms with Gasteiger partial charge in [-0.25, -0.2) is 9.50 Å². The van der Waals surface area contributed by atoms with Gasteiger partial charge in [0.25, 0.3) is 5.56 Å². The topological polar surface area (TPSA) is 78.2 Å². The fourth-order valence-electron chi connectivity index (χ4n) is 4.35. The highest BCUT2D eigenvalue weighted by Gasteiger charge is 2.25. The van der Waals surface area contributed by atoms with Gasteiger partial charge in [-0.15, -0.1) is 0 Å². The Balaban J connectivity index is 1.65. The van der Waals surface area contributed by atoms with E-state index < -0.39 is 0 Å². The van der Waals surface area contributed by atoms with E-state index in [1.54, 1.807) is 12.3 Å². The molecule has 3 heterocycles. The molecule has 1 fully saturated rings. The van der Waals surface area contributed by atoms with Crippen molar-refractivity contribution >= 4 is 22.4 Å². The summed E-state index contributed by atoms with van der Waals surface area (Å²) in [4.78, 5) is 17.7. The predicted molar refractivity (Wildman–Crippen MR) is 123 cm³/mol. The van der Waals surface area contributed by atoms with Gasteiger partial charge in [0, 0.05) is 29.4 Å². The Hall–Kier alpha value is -3.93. The normalized spacial score (nSPS) is 14.2. The molecule has 1 saturated carbocycles. The van der Waals surface area contributed by atoms with Crippen molar-refractivity contribution in [3.8, 4) is 22.4 Å². The first-order valence-electron chi connectivity index (χ1n) is 10.5. The molecule has 0 radical (unpaired) electrons. The van der Waals surface area contributed by atoms with E-state index in [-0.39, 0.29) is 11.6 Å². The summed E-state index contributed by atoms with van der Waals surface area (Å²) in [6, 6.07) is 22.0. The zero-order valence-corrected chi connectivity index (χ0v) is 16.9. The average Bonchev–Trinajstić information content (AvgIpc) is 3.21. The van der Waals surface area contributed by atoms with Gasteiger partial charge in [-0.3, -0.25) is 9.36 Å². The van der Waals surface area contributed by atoms with Gasteiger partial charge in [0.05, 0.1) is 16.6 Å². The number of fused-ring (bicyclic) bond motifs is 3. The Bertz CT molecular complexity index is 1480. The zero-order valence-electron chi connectivity index (χ0n) is 16.9. The van der Waals surface area contributed by atoms with Gasteiger partial charge in [0.2, 0.25) is 0 Å². The molecule has 3 aromatic heterocycles. The SMILES string of the molecule is Nc1ccc(-c2ccc3c(=O)n(C4CCC4)c4cc(-c5ccccc5)nn4c3c2)cn1. The van der Waals surface area contributed by atoms with Crippen LogP contribution in [0.3, 0.4) is 0 Å². The summed E-state index contributed by atoms with van der Waals surface area (Å²) in [5.74, 6) is 0.481. The van der Waals surface area contributed by atoms with Crippen LogP contribution in [-0.4, -0.2) is 19.2 Å². The van der Waals surface area contributed by atoms with Crippen molar-refractivity contribution in [2.75, 3.05) is 5.73 Å². The number of hydrogen-bond donors (Lipinski definition) is 1. The van der Waals surface area contributed by atoms with E-state index in [1.807, 2.05) is 69.7 Å². The predicted octanol–water partition coefficient (Wildman–Crippen LogP) is 4.69. The molecule has 1 aliphatic rings. The van der Waals surface area contributed by atoms with Crippen molar-refractivity contribution in [1.82, 2.24) is 19.2 Å². The molecule has 0 unspecified atom stereocenters. The molecule has 0 saturated heterocycles. The molecular formula is C25H21N5O. The summed E-state index contributed by atoms with van der Waals surface area (Å²) in [5.41, 5.74) is 11.2. The Morgan fingerprint density at radius 2 is 1.71 bits per heavy atom. The van der Waals surface area contributed by atoms with Gasteiger partial charge >= 0.3 is 0 Å². The van der Waals surface area contributed by atoms with E-state index in [1.165, 1.54) is 0 Å². The number of nitrogen functional groups attached to an aromatic ring is 1. The van der Waals surface area contributed by atoms with Gasteiger partial charge < -0.3 is 5.73 Å². The van der Waals surface area contributed by atoms with Gasteiger partial charge in [-0.1, -0.05) is 36.4 Å².